The van der Waals surface area contributed by atoms with Gasteiger partial charge in [-0.1, -0.05) is 12.1 Å². The largest absolute Gasteiger partial charge is 0.324 e. The highest BCUT2D eigenvalue weighted by molar-refractivity contribution is 5.97. The van der Waals surface area contributed by atoms with Crippen LogP contribution in [0.4, 0.5) is 5.69 Å². The van der Waals surface area contributed by atoms with Crippen LogP contribution < -0.4 is 11.1 Å². The summed E-state index contributed by atoms with van der Waals surface area (Å²) in [5, 5.41) is 2.80. The summed E-state index contributed by atoms with van der Waals surface area (Å²) in [6.45, 7) is 5.17. The van der Waals surface area contributed by atoms with Crippen molar-refractivity contribution in [3.05, 3.63) is 42.4 Å². The van der Waals surface area contributed by atoms with E-state index < -0.39 is 5.54 Å². The fourth-order valence-corrected chi connectivity index (χ4v) is 1.67. The molecule has 0 aliphatic carbocycles. The van der Waals surface area contributed by atoms with Gasteiger partial charge in [-0.05, 0) is 39.0 Å². The summed E-state index contributed by atoms with van der Waals surface area (Å²) in [7, 11) is 0. The Labute approximate surface area is 118 Å². The maximum atomic E-state index is 11.9. The van der Waals surface area contributed by atoms with E-state index in [0.29, 0.717) is 11.5 Å². The number of amides is 1. The molecule has 3 N–H and O–H groups in total. The number of rotatable bonds is 3. The van der Waals surface area contributed by atoms with Gasteiger partial charge < -0.3 is 11.1 Å². The number of carbonyl (C=O) groups is 1. The number of anilines is 1. The lowest BCUT2D eigenvalue weighted by Crippen LogP contribution is -2.45. The van der Waals surface area contributed by atoms with Gasteiger partial charge in [0, 0.05) is 17.4 Å². The number of hydrogen-bond acceptors (Lipinski definition) is 4. The molecule has 2 aromatic rings. The second kappa shape index (κ2) is 5.38. The van der Waals surface area contributed by atoms with Crippen molar-refractivity contribution < 1.29 is 4.79 Å². The highest BCUT2D eigenvalue weighted by Gasteiger charge is 2.21. The Morgan fingerprint density at radius 3 is 2.70 bits per heavy atom. The minimum atomic E-state index is -0.915. The third kappa shape index (κ3) is 3.39. The number of hydrogen-bond donors (Lipinski definition) is 2. The molecule has 0 saturated carbocycles. The fourth-order valence-electron chi connectivity index (χ4n) is 1.67. The van der Waals surface area contributed by atoms with Gasteiger partial charge in [0.15, 0.2) is 0 Å². The standard InChI is InChI=1S/C15H18N4O/c1-10-17-8-7-13(18-10)11-5-4-6-12(9-11)19-14(20)15(2,3)16/h4-9H,16H2,1-3H3,(H,19,20). The highest BCUT2D eigenvalue weighted by Crippen LogP contribution is 2.21. The van der Waals surface area contributed by atoms with E-state index in [1.54, 1.807) is 20.0 Å². The molecule has 1 heterocycles. The first kappa shape index (κ1) is 14.1. The monoisotopic (exact) mass is 270 g/mol. The average Bonchev–Trinajstić information content (AvgIpc) is 2.38. The minimum absolute atomic E-state index is 0.228. The van der Waals surface area contributed by atoms with Gasteiger partial charge in [-0.25, -0.2) is 9.97 Å². The van der Waals surface area contributed by atoms with Gasteiger partial charge in [-0.2, -0.15) is 0 Å². The molecule has 1 amide bonds. The lowest BCUT2D eigenvalue weighted by molar-refractivity contribution is -0.120. The Hall–Kier alpha value is -2.27. The van der Waals surface area contributed by atoms with Crippen LogP contribution in [0.15, 0.2) is 36.5 Å². The van der Waals surface area contributed by atoms with E-state index in [1.165, 1.54) is 0 Å². The van der Waals surface area contributed by atoms with Crippen molar-refractivity contribution in [2.75, 3.05) is 5.32 Å². The maximum absolute atomic E-state index is 11.9. The van der Waals surface area contributed by atoms with E-state index in [9.17, 15) is 4.79 Å². The van der Waals surface area contributed by atoms with Gasteiger partial charge in [0.25, 0.3) is 0 Å². The molecule has 2 rings (SSSR count). The van der Waals surface area contributed by atoms with Gasteiger partial charge >= 0.3 is 0 Å². The summed E-state index contributed by atoms with van der Waals surface area (Å²) in [6.07, 6.45) is 1.71. The van der Waals surface area contributed by atoms with Crippen LogP contribution in [-0.4, -0.2) is 21.4 Å². The van der Waals surface area contributed by atoms with Gasteiger partial charge in [0.2, 0.25) is 5.91 Å². The summed E-state index contributed by atoms with van der Waals surface area (Å²) < 4.78 is 0. The van der Waals surface area contributed by atoms with E-state index in [2.05, 4.69) is 15.3 Å². The van der Waals surface area contributed by atoms with Crippen LogP contribution in [0.25, 0.3) is 11.3 Å². The maximum Gasteiger partial charge on any atom is 0.243 e. The number of aryl methyl sites for hydroxylation is 1. The zero-order valence-corrected chi connectivity index (χ0v) is 11.8. The molecule has 20 heavy (non-hydrogen) atoms. The first-order valence-corrected chi connectivity index (χ1v) is 6.37. The Bertz CT molecular complexity index is 632. The van der Waals surface area contributed by atoms with Crippen molar-refractivity contribution >= 4 is 11.6 Å². The molecule has 0 aliphatic heterocycles. The summed E-state index contributed by atoms with van der Waals surface area (Å²) in [4.78, 5) is 20.3. The molecule has 0 atom stereocenters. The van der Waals surface area contributed by atoms with Crippen LogP contribution in [0, 0.1) is 6.92 Å². The summed E-state index contributed by atoms with van der Waals surface area (Å²) >= 11 is 0. The normalized spacial score (nSPS) is 11.2. The van der Waals surface area contributed by atoms with E-state index in [1.807, 2.05) is 37.3 Å². The van der Waals surface area contributed by atoms with Crippen molar-refractivity contribution in [2.45, 2.75) is 26.3 Å². The second-order valence-electron chi connectivity index (χ2n) is 5.25. The summed E-state index contributed by atoms with van der Waals surface area (Å²) in [6, 6.07) is 9.32. The van der Waals surface area contributed by atoms with Crippen LogP contribution in [0.3, 0.4) is 0 Å². The molecule has 0 spiro atoms. The third-order valence-corrected chi connectivity index (χ3v) is 2.78. The van der Waals surface area contributed by atoms with E-state index in [4.69, 9.17) is 5.73 Å². The lowest BCUT2D eigenvalue weighted by Gasteiger charge is -2.18. The zero-order chi connectivity index (χ0) is 14.8. The Balaban J connectivity index is 2.27. The van der Waals surface area contributed by atoms with E-state index in [-0.39, 0.29) is 5.91 Å². The number of carbonyl (C=O) groups excluding carboxylic acids is 1. The van der Waals surface area contributed by atoms with Crippen LogP contribution in [0.2, 0.25) is 0 Å². The van der Waals surface area contributed by atoms with Crippen molar-refractivity contribution in [1.82, 2.24) is 9.97 Å². The number of nitrogens with two attached hydrogens (primary N) is 1. The van der Waals surface area contributed by atoms with Crippen molar-refractivity contribution in [3.63, 3.8) is 0 Å². The fraction of sp³-hybridized carbons (Fsp3) is 0.267. The van der Waals surface area contributed by atoms with Crippen LogP contribution in [0.5, 0.6) is 0 Å². The Morgan fingerprint density at radius 2 is 2.05 bits per heavy atom. The molecule has 5 heteroatoms. The van der Waals surface area contributed by atoms with Crippen molar-refractivity contribution in [2.24, 2.45) is 5.73 Å². The molecule has 0 aliphatic rings. The second-order valence-corrected chi connectivity index (χ2v) is 5.25. The number of aromatic nitrogens is 2. The number of nitrogens with one attached hydrogen (secondary N) is 1. The van der Waals surface area contributed by atoms with E-state index >= 15 is 0 Å². The Morgan fingerprint density at radius 1 is 1.30 bits per heavy atom. The first-order chi connectivity index (χ1) is 9.36. The predicted molar refractivity (Wildman–Crippen MR) is 79.1 cm³/mol. The smallest absolute Gasteiger partial charge is 0.243 e. The number of benzene rings is 1. The SMILES string of the molecule is Cc1nccc(-c2cccc(NC(=O)C(C)(C)N)c2)n1. The van der Waals surface area contributed by atoms with E-state index in [0.717, 1.165) is 11.3 Å². The number of nitrogens with zero attached hydrogens (tertiary/aromatic N) is 2. The molecular weight excluding hydrogens is 252 g/mol. The lowest BCUT2D eigenvalue weighted by atomic mass is 10.1. The van der Waals surface area contributed by atoms with Crippen LogP contribution >= 0.6 is 0 Å². The molecule has 0 saturated heterocycles. The third-order valence-electron chi connectivity index (χ3n) is 2.78. The van der Waals surface area contributed by atoms with Crippen LogP contribution in [0.1, 0.15) is 19.7 Å². The molecule has 1 aromatic carbocycles. The predicted octanol–water partition coefficient (Wildman–Crippen LogP) is 2.13. The molecule has 104 valence electrons. The van der Waals surface area contributed by atoms with Gasteiger partial charge in [0.1, 0.15) is 5.82 Å². The highest BCUT2D eigenvalue weighted by atomic mass is 16.2. The summed E-state index contributed by atoms with van der Waals surface area (Å²) in [5.74, 6) is 0.480. The first-order valence-electron chi connectivity index (χ1n) is 6.37. The van der Waals surface area contributed by atoms with Gasteiger partial charge in [-0.3, -0.25) is 4.79 Å². The minimum Gasteiger partial charge on any atom is -0.324 e. The topological polar surface area (TPSA) is 80.9 Å². The van der Waals surface area contributed by atoms with Crippen molar-refractivity contribution in [1.29, 1.82) is 0 Å². The Kier molecular flexibility index (Phi) is 3.81. The molecule has 0 radical (unpaired) electrons. The molecule has 5 nitrogen and oxygen atoms in total. The molecular formula is C15H18N4O. The quantitative estimate of drug-likeness (QED) is 0.895. The van der Waals surface area contributed by atoms with Crippen LogP contribution in [-0.2, 0) is 4.79 Å². The molecule has 0 unspecified atom stereocenters. The van der Waals surface area contributed by atoms with Gasteiger partial charge in [-0.15, -0.1) is 0 Å². The zero-order valence-electron chi connectivity index (χ0n) is 11.8. The molecule has 0 fully saturated rings. The van der Waals surface area contributed by atoms with Crippen molar-refractivity contribution in [3.8, 4) is 11.3 Å². The average molecular weight is 270 g/mol. The molecule has 1 aromatic heterocycles. The molecule has 0 bridgehead atoms. The summed E-state index contributed by atoms with van der Waals surface area (Å²) in [5.41, 5.74) is 7.28. The van der Waals surface area contributed by atoms with Gasteiger partial charge in [0.05, 0.1) is 11.2 Å².